The number of rotatable bonds is 6. The minimum atomic E-state index is -0.756. The second-order valence-electron chi connectivity index (χ2n) is 11.8. The van der Waals surface area contributed by atoms with Crippen molar-refractivity contribution in [2.45, 2.75) is 65.7 Å². The average molecular weight is 488 g/mol. The Bertz CT molecular complexity index is 1350. The van der Waals surface area contributed by atoms with Gasteiger partial charge in [-0.25, -0.2) is 0 Å². The van der Waals surface area contributed by atoms with Gasteiger partial charge in [0.05, 0.1) is 11.1 Å². The molecular formula is C30H34ClN3O. The van der Waals surface area contributed by atoms with Gasteiger partial charge in [0, 0.05) is 10.6 Å². The predicted molar refractivity (Wildman–Crippen MR) is 145 cm³/mol. The number of hydrogen-bond donors (Lipinski definition) is 0. The monoisotopic (exact) mass is 487 g/mol. The Hall–Kier alpha value is -2.98. The number of carbonyl (C=O) groups is 1. The normalized spacial score (nSPS) is 12.8. The Morgan fingerprint density at radius 1 is 0.829 bits per heavy atom. The molecule has 0 fully saturated rings. The van der Waals surface area contributed by atoms with Crippen LogP contribution >= 0.6 is 11.6 Å². The van der Waals surface area contributed by atoms with E-state index in [0.29, 0.717) is 16.3 Å². The molecule has 0 radical (unpaired) electrons. The molecule has 182 valence electrons. The molecule has 0 spiro atoms. The number of carbonyl (C=O) groups excluding carboxylic acids is 1. The van der Waals surface area contributed by atoms with Crippen LogP contribution in [-0.4, -0.2) is 20.8 Å². The smallest absolute Gasteiger partial charge is 0.175 e. The first kappa shape index (κ1) is 25.1. The van der Waals surface area contributed by atoms with Crippen LogP contribution < -0.4 is 0 Å². The van der Waals surface area contributed by atoms with Gasteiger partial charge in [-0.3, -0.25) is 4.79 Å². The summed E-state index contributed by atoms with van der Waals surface area (Å²) in [5, 5.41) is 10.0. The van der Waals surface area contributed by atoms with E-state index in [2.05, 4.69) is 34.6 Å². The molecular weight excluding hydrogens is 454 g/mol. The van der Waals surface area contributed by atoms with Crippen LogP contribution in [-0.2, 0) is 10.8 Å². The van der Waals surface area contributed by atoms with E-state index >= 15 is 0 Å². The fourth-order valence-corrected chi connectivity index (χ4v) is 5.56. The van der Waals surface area contributed by atoms with Crippen molar-refractivity contribution in [2.24, 2.45) is 5.41 Å². The minimum absolute atomic E-state index is 0.0258. The van der Waals surface area contributed by atoms with Crippen LogP contribution in [0.15, 0.2) is 66.7 Å². The fourth-order valence-electron chi connectivity index (χ4n) is 5.14. The summed E-state index contributed by atoms with van der Waals surface area (Å²) in [5.41, 5.74) is 3.78. The van der Waals surface area contributed by atoms with Crippen molar-refractivity contribution >= 4 is 28.4 Å². The Kier molecular flexibility index (Phi) is 6.39. The van der Waals surface area contributed by atoms with Crippen LogP contribution in [0, 0.1) is 5.41 Å². The molecule has 0 aliphatic rings. The molecule has 1 heterocycles. The number of benzene rings is 3. The lowest BCUT2D eigenvalue weighted by Crippen LogP contribution is -2.31. The summed E-state index contributed by atoms with van der Waals surface area (Å²) < 4.78 is 0. The van der Waals surface area contributed by atoms with E-state index in [0.717, 1.165) is 28.6 Å². The lowest BCUT2D eigenvalue weighted by atomic mass is 9.71. The number of Topliss-reactive ketones (excluding diaryl/α,β-unsaturated/α-hetero) is 1. The Morgan fingerprint density at radius 3 is 1.91 bits per heavy atom. The molecule has 0 saturated carbocycles. The molecule has 5 heteroatoms. The first-order valence-electron chi connectivity index (χ1n) is 12.1. The van der Waals surface area contributed by atoms with Crippen LogP contribution in [0.5, 0.6) is 0 Å². The highest BCUT2D eigenvalue weighted by Crippen LogP contribution is 2.42. The topological polar surface area (TPSA) is 47.8 Å². The third kappa shape index (κ3) is 5.04. The summed E-state index contributed by atoms with van der Waals surface area (Å²) >= 11 is 6.92. The summed E-state index contributed by atoms with van der Waals surface area (Å²) in [7, 11) is 0. The van der Waals surface area contributed by atoms with Crippen molar-refractivity contribution in [2.75, 3.05) is 0 Å². The third-order valence-electron chi connectivity index (χ3n) is 6.60. The molecule has 0 unspecified atom stereocenters. The van der Waals surface area contributed by atoms with Gasteiger partial charge in [0.1, 0.15) is 11.0 Å². The molecule has 4 nitrogen and oxygen atoms in total. The van der Waals surface area contributed by atoms with Crippen molar-refractivity contribution in [1.82, 2.24) is 15.0 Å². The number of aromatic nitrogens is 3. The van der Waals surface area contributed by atoms with Crippen LogP contribution in [0.4, 0.5) is 0 Å². The highest BCUT2D eigenvalue weighted by Gasteiger charge is 2.35. The van der Waals surface area contributed by atoms with Gasteiger partial charge >= 0.3 is 0 Å². The highest BCUT2D eigenvalue weighted by atomic mass is 35.5. The van der Waals surface area contributed by atoms with Crippen molar-refractivity contribution in [3.05, 3.63) is 88.4 Å². The number of hydrogen-bond acceptors (Lipinski definition) is 3. The lowest BCUT2D eigenvalue weighted by Gasteiger charge is -2.34. The van der Waals surface area contributed by atoms with E-state index in [9.17, 15) is 4.79 Å². The van der Waals surface area contributed by atoms with E-state index in [1.807, 2.05) is 80.6 Å². The maximum absolute atomic E-state index is 14.1. The second kappa shape index (κ2) is 8.91. The van der Waals surface area contributed by atoms with Gasteiger partial charge in [-0.05, 0) is 66.5 Å². The first-order chi connectivity index (χ1) is 16.3. The van der Waals surface area contributed by atoms with Gasteiger partial charge in [0.25, 0.3) is 0 Å². The van der Waals surface area contributed by atoms with E-state index in [1.54, 1.807) is 4.80 Å². The number of ketones is 1. The number of halogens is 1. The molecule has 0 aliphatic carbocycles. The summed E-state index contributed by atoms with van der Waals surface area (Å²) in [6.07, 6.45) is 0.927. The van der Waals surface area contributed by atoms with Crippen LogP contribution in [0.1, 0.15) is 76.4 Å². The summed E-state index contributed by atoms with van der Waals surface area (Å²) in [5.74, 6) is -0.0258. The number of fused-ring (bicyclic) bond motifs is 1. The van der Waals surface area contributed by atoms with Gasteiger partial charge in [0.15, 0.2) is 5.78 Å². The number of nitrogens with zero attached hydrogens (tertiary/aromatic N) is 3. The zero-order chi connectivity index (χ0) is 25.6. The van der Waals surface area contributed by atoms with Crippen LogP contribution in [0.3, 0.4) is 0 Å². The molecule has 4 rings (SSSR count). The van der Waals surface area contributed by atoms with E-state index in [4.69, 9.17) is 21.8 Å². The average Bonchev–Trinajstić information content (AvgIpc) is 3.21. The van der Waals surface area contributed by atoms with Crippen molar-refractivity contribution in [3.8, 4) is 5.69 Å². The van der Waals surface area contributed by atoms with E-state index in [1.165, 1.54) is 0 Å². The molecule has 0 aliphatic heterocycles. The summed E-state index contributed by atoms with van der Waals surface area (Å²) in [4.78, 5) is 15.7. The SMILES string of the molecule is CC(C)(C)CC(C)(C)c1cc(-n2nc3ccccc3n2)c(C(=O)C(C)(C)c2ccccc2)cc1Cl. The molecule has 0 amide bonds. The van der Waals surface area contributed by atoms with Crippen LogP contribution in [0.2, 0.25) is 5.02 Å². The fraction of sp³-hybridized carbons (Fsp3) is 0.367. The maximum atomic E-state index is 14.1. The largest absolute Gasteiger partial charge is 0.293 e. The molecule has 0 atom stereocenters. The summed E-state index contributed by atoms with van der Waals surface area (Å²) in [6.45, 7) is 15.0. The van der Waals surface area contributed by atoms with Crippen molar-refractivity contribution in [3.63, 3.8) is 0 Å². The van der Waals surface area contributed by atoms with Crippen molar-refractivity contribution < 1.29 is 4.79 Å². The zero-order valence-electron chi connectivity index (χ0n) is 21.7. The molecule has 3 aromatic carbocycles. The van der Waals surface area contributed by atoms with Gasteiger partial charge in [0.2, 0.25) is 0 Å². The predicted octanol–water partition coefficient (Wildman–Crippen LogP) is 7.95. The first-order valence-corrected chi connectivity index (χ1v) is 12.4. The Balaban J connectivity index is 1.94. The molecule has 0 N–H and O–H groups in total. The zero-order valence-corrected chi connectivity index (χ0v) is 22.4. The lowest BCUT2D eigenvalue weighted by molar-refractivity contribution is 0.0908. The van der Waals surface area contributed by atoms with Gasteiger partial charge in [-0.2, -0.15) is 0 Å². The minimum Gasteiger partial charge on any atom is -0.293 e. The van der Waals surface area contributed by atoms with Gasteiger partial charge < -0.3 is 0 Å². The van der Waals surface area contributed by atoms with Gasteiger partial charge in [-0.15, -0.1) is 15.0 Å². The Morgan fingerprint density at radius 2 is 1.37 bits per heavy atom. The standard InChI is InChI=1S/C30H34ClN3O/c1-28(2,3)19-29(4,5)22-18-26(34-32-24-15-11-12-16-25(24)33-34)21(17-23(22)31)27(35)30(6,7)20-13-9-8-10-14-20/h8-18H,19H2,1-7H3. The van der Waals surface area contributed by atoms with Crippen LogP contribution in [0.25, 0.3) is 16.7 Å². The molecule has 35 heavy (non-hydrogen) atoms. The maximum Gasteiger partial charge on any atom is 0.175 e. The highest BCUT2D eigenvalue weighted by molar-refractivity contribution is 6.32. The quantitative estimate of drug-likeness (QED) is 0.259. The summed E-state index contributed by atoms with van der Waals surface area (Å²) in [6, 6.07) is 21.4. The van der Waals surface area contributed by atoms with E-state index in [-0.39, 0.29) is 16.6 Å². The van der Waals surface area contributed by atoms with E-state index < -0.39 is 5.41 Å². The second-order valence-corrected chi connectivity index (χ2v) is 12.2. The van der Waals surface area contributed by atoms with Gasteiger partial charge in [-0.1, -0.05) is 88.7 Å². The molecule has 0 saturated heterocycles. The third-order valence-corrected chi connectivity index (χ3v) is 6.91. The Labute approximate surface area is 213 Å². The van der Waals surface area contributed by atoms with Crippen molar-refractivity contribution in [1.29, 1.82) is 0 Å². The molecule has 4 aromatic rings. The molecule has 0 bridgehead atoms. The molecule has 1 aromatic heterocycles.